The summed E-state index contributed by atoms with van der Waals surface area (Å²) in [4.78, 5) is 22.9. The van der Waals surface area contributed by atoms with Crippen LogP contribution in [0.4, 0.5) is 0 Å². The van der Waals surface area contributed by atoms with E-state index in [2.05, 4.69) is 0 Å². The molecule has 0 spiro atoms. The molecule has 3 rings (SSSR count). The van der Waals surface area contributed by atoms with Crippen molar-refractivity contribution in [3.05, 3.63) is 58.8 Å². The number of carboxylic acid groups (broad SMARTS) is 1. The van der Waals surface area contributed by atoms with Crippen LogP contribution in [0, 0.1) is 0 Å². The Hall–Kier alpha value is -3.28. The van der Waals surface area contributed by atoms with Crippen molar-refractivity contribution in [2.24, 2.45) is 0 Å². The largest absolute Gasteiger partial charge is 0.504 e. The number of carbonyl (C=O) groups is 2. The van der Waals surface area contributed by atoms with Crippen LogP contribution in [0.3, 0.4) is 0 Å². The third-order valence-electron chi connectivity index (χ3n) is 3.42. The van der Waals surface area contributed by atoms with E-state index in [4.69, 9.17) is 9.84 Å². The Bertz CT molecular complexity index is 833. The third-order valence-corrected chi connectivity index (χ3v) is 3.42. The van der Waals surface area contributed by atoms with E-state index in [9.17, 15) is 19.8 Å². The third kappa shape index (κ3) is 2.74. The van der Waals surface area contributed by atoms with Gasteiger partial charge in [-0.3, -0.25) is 9.59 Å². The highest BCUT2D eigenvalue weighted by molar-refractivity contribution is 6.15. The van der Waals surface area contributed by atoms with Gasteiger partial charge in [0, 0.05) is 0 Å². The summed E-state index contributed by atoms with van der Waals surface area (Å²) in [5, 5.41) is 27.9. The number of allylic oxidation sites excluding steroid dienone is 1. The Morgan fingerprint density at radius 2 is 1.78 bits per heavy atom. The SMILES string of the molecule is O=C(O)Cc1ccc(/C=C2\Oc3c(ccc(O)c3O)C2=O)cc1. The number of phenols is 2. The van der Waals surface area contributed by atoms with Crippen LogP contribution in [-0.4, -0.2) is 27.1 Å². The second-order valence-electron chi connectivity index (χ2n) is 5.06. The zero-order valence-corrected chi connectivity index (χ0v) is 11.8. The fourth-order valence-electron chi connectivity index (χ4n) is 2.28. The summed E-state index contributed by atoms with van der Waals surface area (Å²) in [6, 6.07) is 9.24. The summed E-state index contributed by atoms with van der Waals surface area (Å²) in [7, 11) is 0. The quantitative estimate of drug-likeness (QED) is 0.593. The average Bonchev–Trinajstić information content (AvgIpc) is 2.82. The number of ketones is 1. The molecule has 0 saturated heterocycles. The number of aliphatic carboxylic acids is 1. The van der Waals surface area contributed by atoms with E-state index in [1.54, 1.807) is 24.3 Å². The van der Waals surface area contributed by atoms with Crippen LogP contribution in [0.25, 0.3) is 6.08 Å². The van der Waals surface area contributed by atoms with E-state index in [1.807, 2.05) is 0 Å². The number of phenolic OH excluding ortho intramolecular Hbond substituents is 2. The van der Waals surface area contributed by atoms with Crippen LogP contribution in [0.2, 0.25) is 0 Å². The lowest BCUT2D eigenvalue weighted by atomic mass is 10.1. The number of hydrogen-bond donors (Lipinski definition) is 3. The van der Waals surface area contributed by atoms with Crippen molar-refractivity contribution in [3.63, 3.8) is 0 Å². The Kier molecular flexibility index (Phi) is 3.50. The molecule has 0 aliphatic carbocycles. The average molecular weight is 312 g/mol. The molecule has 0 saturated carbocycles. The molecule has 6 heteroatoms. The maximum atomic E-state index is 12.2. The van der Waals surface area contributed by atoms with Crippen molar-refractivity contribution in [1.82, 2.24) is 0 Å². The summed E-state index contributed by atoms with van der Waals surface area (Å²) in [5.41, 5.74) is 1.47. The van der Waals surface area contributed by atoms with E-state index < -0.39 is 17.5 Å². The van der Waals surface area contributed by atoms with Crippen LogP contribution < -0.4 is 4.74 Å². The first-order valence-corrected chi connectivity index (χ1v) is 6.75. The fourth-order valence-corrected chi connectivity index (χ4v) is 2.28. The minimum Gasteiger partial charge on any atom is -0.504 e. The molecule has 3 N–H and O–H groups in total. The van der Waals surface area contributed by atoms with Crippen LogP contribution in [0.15, 0.2) is 42.2 Å². The predicted molar refractivity (Wildman–Crippen MR) is 80.5 cm³/mol. The van der Waals surface area contributed by atoms with Gasteiger partial charge in [-0.05, 0) is 29.3 Å². The summed E-state index contributed by atoms with van der Waals surface area (Å²) >= 11 is 0. The van der Waals surface area contributed by atoms with Crippen molar-refractivity contribution >= 4 is 17.8 Å². The highest BCUT2D eigenvalue weighted by atomic mass is 16.5. The van der Waals surface area contributed by atoms with E-state index in [1.165, 1.54) is 18.2 Å². The Balaban J connectivity index is 1.88. The van der Waals surface area contributed by atoms with Gasteiger partial charge in [0.05, 0.1) is 12.0 Å². The summed E-state index contributed by atoms with van der Waals surface area (Å²) < 4.78 is 5.34. The molecule has 0 radical (unpaired) electrons. The van der Waals surface area contributed by atoms with Gasteiger partial charge in [-0.1, -0.05) is 24.3 Å². The Morgan fingerprint density at radius 3 is 2.43 bits per heavy atom. The van der Waals surface area contributed by atoms with Gasteiger partial charge < -0.3 is 20.1 Å². The van der Waals surface area contributed by atoms with Gasteiger partial charge >= 0.3 is 5.97 Å². The van der Waals surface area contributed by atoms with Gasteiger partial charge in [-0.2, -0.15) is 0 Å². The van der Waals surface area contributed by atoms with Crippen LogP contribution in [0.1, 0.15) is 21.5 Å². The molecule has 1 aliphatic rings. The summed E-state index contributed by atoms with van der Waals surface area (Å²) in [6.45, 7) is 0. The summed E-state index contributed by atoms with van der Waals surface area (Å²) in [6.07, 6.45) is 1.41. The van der Waals surface area contributed by atoms with Gasteiger partial charge in [-0.25, -0.2) is 0 Å². The molecule has 0 bridgehead atoms. The minimum absolute atomic E-state index is 0.0203. The molecule has 2 aromatic rings. The number of fused-ring (bicyclic) bond motifs is 1. The maximum absolute atomic E-state index is 12.2. The van der Waals surface area contributed by atoms with Crippen molar-refractivity contribution in [3.8, 4) is 17.2 Å². The number of Topliss-reactive ketones (excluding diaryl/α,β-unsaturated/α-hetero) is 1. The molecule has 6 nitrogen and oxygen atoms in total. The molecule has 116 valence electrons. The molecule has 23 heavy (non-hydrogen) atoms. The van der Waals surface area contributed by atoms with Gasteiger partial charge in [0.15, 0.2) is 17.3 Å². The van der Waals surface area contributed by atoms with E-state index in [0.29, 0.717) is 11.1 Å². The number of aromatic hydroxyl groups is 2. The Labute approximate surface area is 130 Å². The Morgan fingerprint density at radius 1 is 1.09 bits per heavy atom. The second kappa shape index (κ2) is 5.49. The topological polar surface area (TPSA) is 104 Å². The smallest absolute Gasteiger partial charge is 0.307 e. The second-order valence-corrected chi connectivity index (χ2v) is 5.06. The molecule has 0 aromatic heterocycles. The molecule has 0 atom stereocenters. The van der Waals surface area contributed by atoms with Crippen LogP contribution in [-0.2, 0) is 11.2 Å². The van der Waals surface area contributed by atoms with Gasteiger partial charge in [0.25, 0.3) is 0 Å². The molecular formula is C17H12O6. The first-order chi connectivity index (χ1) is 11.0. The first kappa shape index (κ1) is 14.6. The zero-order chi connectivity index (χ0) is 16.6. The highest BCUT2D eigenvalue weighted by Crippen LogP contribution is 2.44. The van der Waals surface area contributed by atoms with Gasteiger partial charge in [-0.15, -0.1) is 0 Å². The van der Waals surface area contributed by atoms with Crippen molar-refractivity contribution in [2.45, 2.75) is 6.42 Å². The number of rotatable bonds is 3. The predicted octanol–water partition coefficient (Wildman–Crippen LogP) is 2.34. The number of carbonyl (C=O) groups excluding carboxylic acids is 1. The molecule has 1 aliphatic heterocycles. The van der Waals surface area contributed by atoms with Crippen LogP contribution >= 0.6 is 0 Å². The lowest BCUT2D eigenvalue weighted by Crippen LogP contribution is -2.00. The van der Waals surface area contributed by atoms with Crippen molar-refractivity contribution in [1.29, 1.82) is 0 Å². The molecule has 0 amide bonds. The molecular weight excluding hydrogens is 300 g/mol. The van der Waals surface area contributed by atoms with Crippen LogP contribution in [0.5, 0.6) is 17.2 Å². The van der Waals surface area contributed by atoms with E-state index >= 15 is 0 Å². The minimum atomic E-state index is -0.920. The highest BCUT2D eigenvalue weighted by Gasteiger charge is 2.31. The molecule has 2 aromatic carbocycles. The molecule has 0 unspecified atom stereocenters. The van der Waals surface area contributed by atoms with E-state index in [0.717, 1.165) is 0 Å². The summed E-state index contributed by atoms with van der Waals surface area (Å²) in [5.74, 6) is -2.21. The monoisotopic (exact) mass is 312 g/mol. The van der Waals surface area contributed by atoms with Gasteiger partial charge in [0.1, 0.15) is 0 Å². The maximum Gasteiger partial charge on any atom is 0.307 e. The normalized spacial score (nSPS) is 14.6. The standard InChI is InChI=1S/C17H12O6/c18-12-6-5-11-15(21)13(23-17(11)16(12)22)7-9-1-3-10(4-2-9)8-14(19)20/h1-7,18,22H,8H2,(H,19,20)/b13-7-. The van der Waals surface area contributed by atoms with Crippen molar-refractivity contribution < 1.29 is 29.6 Å². The number of carboxylic acids is 1. The molecule has 1 heterocycles. The first-order valence-electron chi connectivity index (χ1n) is 6.75. The van der Waals surface area contributed by atoms with E-state index in [-0.39, 0.29) is 29.2 Å². The molecule has 0 fully saturated rings. The zero-order valence-electron chi connectivity index (χ0n) is 11.8. The number of ether oxygens (including phenoxy) is 1. The number of hydrogen-bond acceptors (Lipinski definition) is 5. The van der Waals surface area contributed by atoms with Crippen molar-refractivity contribution in [2.75, 3.05) is 0 Å². The fraction of sp³-hybridized carbons (Fsp3) is 0.0588. The number of benzene rings is 2. The lowest BCUT2D eigenvalue weighted by molar-refractivity contribution is -0.136. The van der Waals surface area contributed by atoms with Gasteiger partial charge in [0.2, 0.25) is 11.5 Å². The lowest BCUT2D eigenvalue weighted by Gasteiger charge is -2.03.